The topological polar surface area (TPSA) is 32.3 Å². The van der Waals surface area contributed by atoms with Crippen LogP contribution in [0, 0.1) is 0 Å². The smallest absolute Gasteiger partial charge is 0.234 e. The van der Waals surface area contributed by atoms with E-state index in [9.17, 15) is 4.79 Å². The van der Waals surface area contributed by atoms with Crippen molar-refractivity contribution >= 4 is 35.1 Å². The Labute approximate surface area is 176 Å². The van der Waals surface area contributed by atoms with E-state index in [0.717, 1.165) is 25.3 Å². The van der Waals surface area contributed by atoms with Crippen molar-refractivity contribution in [3.63, 3.8) is 0 Å². The summed E-state index contributed by atoms with van der Waals surface area (Å²) >= 11 is 3.81. The highest BCUT2D eigenvalue weighted by atomic mass is 32.2. The minimum atomic E-state index is 0.0968. The summed E-state index contributed by atoms with van der Waals surface area (Å²) in [5, 5.41) is 3.54. The van der Waals surface area contributed by atoms with Crippen LogP contribution in [0.3, 0.4) is 0 Å². The number of hydrogen-bond donors (Lipinski definition) is 1. The quantitative estimate of drug-likeness (QED) is 0.725. The van der Waals surface area contributed by atoms with Crippen LogP contribution in [0.4, 0.5) is 5.69 Å². The SMILES string of the molecule is O=C(CSC1CCCc2ccccc21)Nc1cccc(CN2CCSCC2)c1. The number of thioether (sulfide) groups is 2. The maximum absolute atomic E-state index is 12.5. The van der Waals surface area contributed by atoms with Gasteiger partial charge in [-0.2, -0.15) is 11.8 Å². The van der Waals surface area contributed by atoms with Gasteiger partial charge in [0.1, 0.15) is 0 Å². The highest BCUT2D eigenvalue weighted by molar-refractivity contribution is 8.00. The van der Waals surface area contributed by atoms with Crippen molar-refractivity contribution in [2.24, 2.45) is 0 Å². The van der Waals surface area contributed by atoms with Gasteiger partial charge in [-0.05, 0) is 48.1 Å². The van der Waals surface area contributed by atoms with Gasteiger partial charge in [-0.15, -0.1) is 11.8 Å². The average Bonchev–Trinajstić information content (AvgIpc) is 2.73. The Bertz CT molecular complexity index is 805. The molecule has 3 nitrogen and oxygen atoms in total. The molecule has 1 N–H and O–H groups in total. The summed E-state index contributed by atoms with van der Waals surface area (Å²) in [7, 11) is 0. The predicted octanol–water partition coefficient (Wildman–Crippen LogP) is 4.98. The fraction of sp³-hybridized carbons (Fsp3) is 0.435. The lowest BCUT2D eigenvalue weighted by Gasteiger charge is -2.26. The zero-order chi connectivity index (χ0) is 19.2. The molecule has 2 aliphatic rings. The van der Waals surface area contributed by atoms with Gasteiger partial charge < -0.3 is 5.32 Å². The van der Waals surface area contributed by atoms with E-state index in [0.29, 0.717) is 11.0 Å². The molecule has 1 amide bonds. The summed E-state index contributed by atoms with van der Waals surface area (Å²) in [6.07, 6.45) is 3.55. The molecule has 1 aliphatic heterocycles. The number of amides is 1. The highest BCUT2D eigenvalue weighted by Crippen LogP contribution is 2.39. The number of rotatable bonds is 6. The number of nitrogens with one attached hydrogen (secondary N) is 1. The third kappa shape index (κ3) is 5.34. The van der Waals surface area contributed by atoms with Crippen molar-refractivity contribution in [2.75, 3.05) is 35.7 Å². The molecular weight excluding hydrogens is 384 g/mol. The number of fused-ring (bicyclic) bond motifs is 1. The second-order valence-electron chi connectivity index (χ2n) is 7.53. The zero-order valence-electron chi connectivity index (χ0n) is 16.2. The van der Waals surface area contributed by atoms with E-state index < -0.39 is 0 Å². The largest absolute Gasteiger partial charge is 0.325 e. The van der Waals surface area contributed by atoms with Gasteiger partial charge in [-0.1, -0.05) is 36.4 Å². The van der Waals surface area contributed by atoms with Crippen molar-refractivity contribution in [3.05, 3.63) is 65.2 Å². The number of benzene rings is 2. The molecule has 4 rings (SSSR count). The molecule has 0 aromatic heterocycles. The Hall–Kier alpha value is -1.43. The molecule has 2 aromatic rings. The zero-order valence-corrected chi connectivity index (χ0v) is 17.9. The monoisotopic (exact) mass is 412 g/mol. The van der Waals surface area contributed by atoms with Gasteiger partial charge in [0.15, 0.2) is 0 Å². The molecule has 1 fully saturated rings. The van der Waals surface area contributed by atoms with Crippen molar-refractivity contribution in [1.29, 1.82) is 0 Å². The normalized spacial score (nSPS) is 19.8. The minimum absolute atomic E-state index is 0.0968. The van der Waals surface area contributed by atoms with E-state index in [-0.39, 0.29) is 5.91 Å². The van der Waals surface area contributed by atoms with Crippen LogP contribution in [0.25, 0.3) is 0 Å². The molecule has 1 unspecified atom stereocenters. The molecule has 1 aliphatic carbocycles. The third-order valence-electron chi connectivity index (χ3n) is 5.45. The molecule has 1 saturated heterocycles. The summed E-state index contributed by atoms with van der Waals surface area (Å²) in [6.45, 7) is 3.28. The highest BCUT2D eigenvalue weighted by Gasteiger charge is 2.21. The summed E-state index contributed by atoms with van der Waals surface area (Å²) in [5.41, 5.74) is 5.07. The second kappa shape index (κ2) is 9.86. The number of nitrogens with zero attached hydrogens (tertiary/aromatic N) is 1. The maximum atomic E-state index is 12.5. The molecule has 5 heteroatoms. The van der Waals surface area contributed by atoms with Crippen LogP contribution >= 0.6 is 23.5 Å². The Kier molecular flexibility index (Phi) is 7.00. The molecule has 148 valence electrons. The first kappa shape index (κ1) is 19.9. The van der Waals surface area contributed by atoms with Crippen molar-refractivity contribution in [1.82, 2.24) is 4.90 Å². The number of hydrogen-bond acceptors (Lipinski definition) is 4. The van der Waals surface area contributed by atoms with Crippen molar-refractivity contribution in [2.45, 2.75) is 31.1 Å². The predicted molar refractivity (Wildman–Crippen MR) is 122 cm³/mol. The molecule has 0 radical (unpaired) electrons. The van der Waals surface area contributed by atoms with Gasteiger partial charge in [0.2, 0.25) is 5.91 Å². The molecule has 2 aromatic carbocycles. The van der Waals surface area contributed by atoms with Crippen LogP contribution in [-0.4, -0.2) is 41.2 Å². The van der Waals surface area contributed by atoms with Crippen LogP contribution in [-0.2, 0) is 17.8 Å². The standard InChI is InChI=1S/C23H28N2OS2/c26-23(17-28-22-10-4-7-19-6-1-2-9-21(19)22)24-20-8-3-5-18(15-20)16-25-11-13-27-14-12-25/h1-3,5-6,8-9,15,22H,4,7,10-14,16-17H2,(H,24,26). The lowest BCUT2D eigenvalue weighted by Crippen LogP contribution is -2.31. The number of aryl methyl sites for hydroxylation is 1. The fourth-order valence-corrected chi connectivity index (χ4v) is 6.17. The Balaban J connectivity index is 1.30. The van der Waals surface area contributed by atoms with Gasteiger partial charge in [-0.3, -0.25) is 9.69 Å². The van der Waals surface area contributed by atoms with E-state index in [1.807, 2.05) is 23.9 Å². The minimum Gasteiger partial charge on any atom is -0.325 e. The lowest BCUT2D eigenvalue weighted by atomic mass is 9.91. The summed E-state index contributed by atoms with van der Waals surface area (Å²) in [6, 6.07) is 17.0. The number of carbonyl (C=O) groups excluding carboxylic acids is 1. The van der Waals surface area contributed by atoms with Gasteiger partial charge >= 0.3 is 0 Å². The van der Waals surface area contributed by atoms with E-state index in [4.69, 9.17) is 0 Å². The first-order chi connectivity index (χ1) is 13.8. The van der Waals surface area contributed by atoms with E-state index in [1.54, 1.807) is 11.8 Å². The number of carbonyl (C=O) groups is 1. The van der Waals surface area contributed by atoms with E-state index in [1.165, 1.54) is 47.5 Å². The average molecular weight is 413 g/mol. The second-order valence-corrected chi connectivity index (χ2v) is 9.94. The summed E-state index contributed by atoms with van der Waals surface area (Å²) < 4.78 is 0. The van der Waals surface area contributed by atoms with E-state index in [2.05, 4.69) is 46.6 Å². The van der Waals surface area contributed by atoms with Crippen LogP contribution in [0.2, 0.25) is 0 Å². The molecule has 1 atom stereocenters. The van der Waals surface area contributed by atoms with Crippen LogP contribution in [0.5, 0.6) is 0 Å². The molecule has 28 heavy (non-hydrogen) atoms. The Morgan fingerprint density at radius 1 is 1.14 bits per heavy atom. The maximum Gasteiger partial charge on any atom is 0.234 e. The van der Waals surface area contributed by atoms with Gasteiger partial charge in [0.05, 0.1) is 5.75 Å². The first-order valence-corrected chi connectivity index (χ1v) is 12.4. The van der Waals surface area contributed by atoms with Gasteiger partial charge in [0, 0.05) is 42.1 Å². The molecular formula is C23H28N2OS2. The molecule has 1 heterocycles. The lowest BCUT2D eigenvalue weighted by molar-refractivity contribution is -0.113. The van der Waals surface area contributed by atoms with Crippen LogP contribution in [0.1, 0.15) is 34.8 Å². The van der Waals surface area contributed by atoms with E-state index >= 15 is 0 Å². The molecule has 0 spiro atoms. The summed E-state index contributed by atoms with van der Waals surface area (Å²) in [5.74, 6) is 3.04. The van der Waals surface area contributed by atoms with Crippen LogP contribution in [0.15, 0.2) is 48.5 Å². The fourth-order valence-electron chi connectivity index (χ4n) is 4.02. The van der Waals surface area contributed by atoms with Crippen LogP contribution < -0.4 is 5.32 Å². The first-order valence-electron chi connectivity index (χ1n) is 10.2. The van der Waals surface area contributed by atoms with Crippen molar-refractivity contribution in [3.8, 4) is 0 Å². The van der Waals surface area contributed by atoms with Crippen molar-refractivity contribution < 1.29 is 4.79 Å². The Morgan fingerprint density at radius 3 is 2.89 bits per heavy atom. The molecule has 0 saturated carbocycles. The van der Waals surface area contributed by atoms with Gasteiger partial charge in [0.25, 0.3) is 0 Å². The Morgan fingerprint density at radius 2 is 2.00 bits per heavy atom. The summed E-state index contributed by atoms with van der Waals surface area (Å²) in [4.78, 5) is 15.0. The van der Waals surface area contributed by atoms with Gasteiger partial charge in [-0.25, -0.2) is 0 Å². The third-order valence-corrected chi connectivity index (χ3v) is 7.71. The molecule has 0 bridgehead atoms. The number of anilines is 1.